The molecular formula is C24H27N3O4S. The summed E-state index contributed by atoms with van der Waals surface area (Å²) >= 11 is 1.43. The molecule has 3 aromatic rings. The van der Waals surface area contributed by atoms with Crippen LogP contribution >= 0.6 is 11.3 Å². The van der Waals surface area contributed by atoms with Crippen LogP contribution in [0.25, 0.3) is 21.3 Å². The molecule has 0 unspecified atom stereocenters. The van der Waals surface area contributed by atoms with Gasteiger partial charge in [-0.3, -0.25) is 19.0 Å². The van der Waals surface area contributed by atoms with Gasteiger partial charge in [-0.15, -0.1) is 11.3 Å². The van der Waals surface area contributed by atoms with Crippen molar-refractivity contribution < 1.29 is 14.3 Å². The molecule has 1 aliphatic rings. The SMILES string of the molecule is CCOC(=O)C1CCN(C(=O)Cn2cnc3scc(-c4ccc(C)c(C)c4)c3c2=O)CC1. The number of carbonyl (C=O) groups excluding carboxylic acids is 2. The second kappa shape index (κ2) is 9.24. The van der Waals surface area contributed by atoms with E-state index in [0.29, 0.717) is 42.8 Å². The summed E-state index contributed by atoms with van der Waals surface area (Å²) in [6.07, 6.45) is 2.62. The number of ether oxygens (including phenoxy) is 1. The second-order valence-electron chi connectivity index (χ2n) is 8.21. The Balaban J connectivity index is 1.53. The van der Waals surface area contributed by atoms with Crippen molar-refractivity contribution in [1.29, 1.82) is 0 Å². The first-order valence-corrected chi connectivity index (χ1v) is 11.8. The van der Waals surface area contributed by atoms with Crippen molar-refractivity contribution in [3.8, 4) is 11.1 Å². The highest BCUT2D eigenvalue weighted by molar-refractivity contribution is 7.17. The summed E-state index contributed by atoms with van der Waals surface area (Å²) in [4.78, 5) is 44.9. The van der Waals surface area contributed by atoms with Crippen molar-refractivity contribution in [1.82, 2.24) is 14.5 Å². The van der Waals surface area contributed by atoms with E-state index in [-0.39, 0.29) is 29.9 Å². The van der Waals surface area contributed by atoms with E-state index in [1.165, 1.54) is 27.8 Å². The molecule has 3 heterocycles. The maximum absolute atomic E-state index is 13.3. The molecule has 0 atom stereocenters. The Morgan fingerprint density at radius 2 is 1.94 bits per heavy atom. The van der Waals surface area contributed by atoms with E-state index in [4.69, 9.17) is 4.74 Å². The quantitative estimate of drug-likeness (QED) is 0.552. The van der Waals surface area contributed by atoms with Gasteiger partial charge in [-0.2, -0.15) is 0 Å². The lowest BCUT2D eigenvalue weighted by atomic mass is 9.97. The average Bonchev–Trinajstić information content (AvgIpc) is 3.23. The zero-order valence-electron chi connectivity index (χ0n) is 18.6. The van der Waals surface area contributed by atoms with Gasteiger partial charge in [0.25, 0.3) is 5.56 Å². The minimum atomic E-state index is -0.209. The minimum absolute atomic E-state index is 0.0614. The lowest BCUT2D eigenvalue weighted by molar-refractivity contribution is -0.151. The number of aryl methyl sites for hydroxylation is 2. The predicted molar refractivity (Wildman–Crippen MR) is 125 cm³/mol. The first-order chi connectivity index (χ1) is 15.4. The molecule has 7 nitrogen and oxygen atoms in total. The van der Waals surface area contributed by atoms with Crippen LogP contribution in [-0.4, -0.2) is 46.0 Å². The minimum Gasteiger partial charge on any atom is -0.466 e. The monoisotopic (exact) mass is 453 g/mol. The van der Waals surface area contributed by atoms with Gasteiger partial charge in [-0.1, -0.05) is 18.2 Å². The zero-order valence-corrected chi connectivity index (χ0v) is 19.4. The van der Waals surface area contributed by atoms with Crippen LogP contribution in [0.2, 0.25) is 0 Å². The van der Waals surface area contributed by atoms with Crippen LogP contribution in [0.4, 0.5) is 0 Å². The lowest BCUT2D eigenvalue weighted by Gasteiger charge is -2.31. The predicted octanol–water partition coefficient (Wildman–Crippen LogP) is 3.54. The number of hydrogen-bond donors (Lipinski definition) is 0. The average molecular weight is 454 g/mol. The topological polar surface area (TPSA) is 81.5 Å². The molecule has 0 saturated carbocycles. The maximum atomic E-state index is 13.3. The van der Waals surface area contributed by atoms with Gasteiger partial charge in [0, 0.05) is 24.0 Å². The van der Waals surface area contributed by atoms with Gasteiger partial charge in [-0.05, 0) is 50.3 Å². The largest absolute Gasteiger partial charge is 0.466 e. The molecule has 1 amide bonds. The van der Waals surface area contributed by atoms with Crippen LogP contribution in [-0.2, 0) is 20.9 Å². The number of piperidine rings is 1. The summed E-state index contributed by atoms with van der Waals surface area (Å²) in [7, 11) is 0. The zero-order chi connectivity index (χ0) is 22.8. The number of rotatable bonds is 5. The molecule has 1 aliphatic heterocycles. The van der Waals surface area contributed by atoms with Crippen molar-refractivity contribution in [2.75, 3.05) is 19.7 Å². The van der Waals surface area contributed by atoms with Crippen LogP contribution in [0.3, 0.4) is 0 Å². The molecule has 1 fully saturated rings. The van der Waals surface area contributed by atoms with Crippen molar-refractivity contribution in [2.24, 2.45) is 5.92 Å². The number of esters is 1. The summed E-state index contributed by atoms with van der Waals surface area (Å²) < 4.78 is 6.48. The molecule has 0 spiro atoms. The standard InChI is InChI=1S/C24H27N3O4S/c1-4-31-24(30)17-7-9-26(10-8-17)20(28)12-27-14-25-22-21(23(27)29)19(13-32-22)18-6-5-15(2)16(3)11-18/h5-6,11,13-14,17H,4,7-10,12H2,1-3H3. The second-order valence-corrected chi connectivity index (χ2v) is 9.07. The van der Waals surface area contributed by atoms with Crippen LogP contribution in [0, 0.1) is 19.8 Å². The molecule has 0 N–H and O–H groups in total. The van der Waals surface area contributed by atoms with Crippen molar-refractivity contribution >= 4 is 33.4 Å². The van der Waals surface area contributed by atoms with Crippen LogP contribution < -0.4 is 5.56 Å². The lowest BCUT2D eigenvalue weighted by Crippen LogP contribution is -2.43. The van der Waals surface area contributed by atoms with E-state index in [9.17, 15) is 14.4 Å². The van der Waals surface area contributed by atoms with E-state index < -0.39 is 0 Å². The highest BCUT2D eigenvalue weighted by Gasteiger charge is 2.28. The van der Waals surface area contributed by atoms with Crippen LogP contribution in [0.5, 0.6) is 0 Å². The molecule has 2 aromatic heterocycles. The number of hydrogen-bond acceptors (Lipinski definition) is 6. The molecule has 8 heteroatoms. The number of fused-ring (bicyclic) bond motifs is 1. The number of likely N-dealkylation sites (tertiary alicyclic amines) is 1. The van der Waals surface area contributed by atoms with E-state index in [1.807, 2.05) is 24.4 Å². The molecule has 4 rings (SSSR count). The summed E-state index contributed by atoms with van der Waals surface area (Å²) in [5, 5.41) is 2.50. The van der Waals surface area contributed by atoms with Gasteiger partial charge >= 0.3 is 5.97 Å². The number of nitrogens with zero attached hydrogens (tertiary/aromatic N) is 3. The highest BCUT2D eigenvalue weighted by Crippen LogP contribution is 2.31. The highest BCUT2D eigenvalue weighted by atomic mass is 32.1. The Kier molecular flexibility index (Phi) is 6.41. The molecule has 0 radical (unpaired) electrons. The fraction of sp³-hybridized carbons (Fsp3) is 0.417. The molecule has 0 bridgehead atoms. The molecule has 1 saturated heterocycles. The molecule has 1 aromatic carbocycles. The number of benzene rings is 1. The summed E-state index contributed by atoms with van der Waals surface area (Å²) in [5.74, 6) is -0.494. The number of aromatic nitrogens is 2. The van der Waals surface area contributed by atoms with Gasteiger partial charge in [0.1, 0.15) is 11.4 Å². The van der Waals surface area contributed by atoms with Crippen molar-refractivity contribution in [3.63, 3.8) is 0 Å². The van der Waals surface area contributed by atoms with Gasteiger partial charge in [0.05, 0.1) is 24.2 Å². The Morgan fingerprint density at radius 1 is 1.19 bits per heavy atom. The molecule has 0 aliphatic carbocycles. The smallest absolute Gasteiger partial charge is 0.309 e. The van der Waals surface area contributed by atoms with Gasteiger partial charge < -0.3 is 9.64 Å². The Bertz CT molecular complexity index is 1220. The third-order valence-electron chi connectivity index (χ3n) is 6.15. The summed E-state index contributed by atoms with van der Waals surface area (Å²) in [6.45, 7) is 7.17. The van der Waals surface area contributed by atoms with Crippen LogP contribution in [0.15, 0.2) is 34.7 Å². The number of carbonyl (C=O) groups is 2. The summed E-state index contributed by atoms with van der Waals surface area (Å²) in [6, 6.07) is 6.14. The third kappa shape index (κ3) is 4.32. The fourth-order valence-electron chi connectivity index (χ4n) is 4.07. The van der Waals surface area contributed by atoms with E-state index in [1.54, 1.807) is 11.8 Å². The Hall–Kier alpha value is -3.00. The maximum Gasteiger partial charge on any atom is 0.309 e. The molecule has 168 valence electrons. The first-order valence-electron chi connectivity index (χ1n) is 10.9. The number of thiophene rings is 1. The fourth-order valence-corrected chi connectivity index (χ4v) is 4.98. The molecule has 32 heavy (non-hydrogen) atoms. The molecular weight excluding hydrogens is 426 g/mol. The van der Waals surface area contributed by atoms with E-state index in [0.717, 1.165) is 16.7 Å². The van der Waals surface area contributed by atoms with E-state index >= 15 is 0 Å². The van der Waals surface area contributed by atoms with E-state index in [2.05, 4.69) is 18.0 Å². The van der Waals surface area contributed by atoms with Gasteiger partial charge in [-0.25, -0.2) is 4.98 Å². The number of amides is 1. The van der Waals surface area contributed by atoms with Gasteiger partial charge in [0.2, 0.25) is 5.91 Å². The van der Waals surface area contributed by atoms with Gasteiger partial charge in [0.15, 0.2) is 0 Å². The Labute approximate surface area is 190 Å². The van der Waals surface area contributed by atoms with Crippen LogP contribution in [0.1, 0.15) is 30.9 Å². The normalized spacial score (nSPS) is 14.7. The third-order valence-corrected chi connectivity index (χ3v) is 7.04. The summed E-state index contributed by atoms with van der Waals surface area (Å²) in [5.41, 5.74) is 3.97. The van der Waals surface area contributed by atoms with Crippen molar-refractivity contribution in [3.05, 3.63) is 51.4 Å². The van der Waals surface area contributed by atoms with Crippen molar-refractivity contribution in [2.45, 2.75) is 40.2 Å². The Morgan fingerprint density at radius 3 is 2.62 bits per heavy atom. The first kappa shape index (κ1) is 22.2.